The fourth-order valence-electron chi connectivity index (χ4n) is 1.57. The lowest BCUT2D eigenvalue weighted by Gasteiger charge is -2.23. The minimum absolute atomic E-state index is 0.211. The SMILES string of the molecule is CCN(CCCC(=O)N(C)C)CC(C)CN. The zero-order valence-electron chi connectivity index (χ0n) is 11.2. The number of nitrogens with two attached hydrogens (primary N) is 1. The molecule has 16 heavy (non-hydrogen) atoms. The third-order valence-electron chi connectivity index (χ3n) is 2.78. The molecular formula is C12H27N3O. The van der Waals surface area contributed by atoms with Crippen molar-refractivity contribution in [3.63, 3.8) is 0 Å². The molecule has 0 rings (SSSR count). The molecule has 0 aliphatic carbocycles. The molecule has 0 bridgehead atoms. The van der Waals surface area contributed by atoms with Gasteiger partial charge in [-0.2, -0.15) is 0 Å². The number of hydrogen-bond donors (Lipinski definition) is 1. The summed E-state index contributed by atoms with van der Waals surface area (Å²) in [4.78, 5) is 15.4. The van der Waals surface area contributed by atoms with Crippen molar-refractivity contribution in [1.82, 2.24) is 9.80 Å². The van der Waals surface area contributed by atoms with Gasteiger partial charge in [0.1, 0.15) is 0 Å². The average molecular weight is 229 g/mol. The van der Waals surface area contributed by atoms with Crippen molar-refractivity contribution >= 4 is 5.91 Å². The Kier molecular flexibility index (Phi) is 8.21. The van der Waals surface area contributed by atoms with E-state index >= 15 is 0 Å². The summed E-state index contributed by atoms with van der Waals surface area (Å²) in [6.45, 7) is 8.09. The first-order valence-corrected chi connectivity index (χ1v) is 6.13. The van der Waals surface area contributed by atoms with E-state index in [1.165, 1.54) is 0 Å². The summed E-state index contributed by atoms with van der Waals surface area (Å²) in [6.07, 6.45) is 1.57. The van der Waals surface area contributed by atoms with Crippen LogP contribution in [0.2, 0.25) is 0 Å². The second kappa shape index (κ2) is 8.53. The highest BCUT2D eigenvalue weighted by molar-refractivity contribution is 5.75. The molecule has 96 valence electrons. The molecular weight excluding hydrogens is 202 g/mol. The summed E-state index contributed by atoms with van der Waals surface area (Å²) in [5, 5.41) is 0. The monoisotopic (exact) mass is 229 g/mol. The largest absolute Gasteiger partial charge is 0.349 e. The van der Waals surface area contributed by atoms with Gasteiger partial charge < -0.3 is 15.5 Å². The zero-order chi connectivity index (χ0) is 12.6. The Morgan fingerprint density at radius 2 is 2.00 bits per heavy atom. The van der Waals surface area contributed by atoms with E-state index in [1.807, 2.05) is 0 Å². The van der Waals surface area contributed by atoms with Crippen LogP contribution in [0.1, 0.15) is 26.7 Å². The van der Waals surface area contributed by atoms with E-state index in [1.54, 1.807) is 19.0 Å². The summed E-state index contributed by atoms with van der Waals surface area (Å²) in [6, 6.07) is 0. The summed E-state index contributed by atoms with van der Waals surface area (Å²) >= 11 is 0. The Morgan fingerprint density at radius 1 is 1.38 bits per heavy atom. The van der Waals surface area contributed by atoms with Gasteiger partial charge in [0.25, 0.3) is 0 Å². The normalized spacial score (nSPS) is 12.9. The Morgan fingerprint density at radius 3 is 2.44 bits per heavy atom. The minimum atomic E-state index is 0.211. The first-order valence-electron chi connectivity index (χ1n) is 6.13. The van der Waals surface area contributed by atoms with Crippen molar-refractivity contribution in [3.8, 4) is 0 Å². The van der Waals surface area contributed by atoms with E-state index in [9.17, 15) is 4.79 Å². The van der Waals surface area contributed by atoms with Crippen LogP contribution in [0.15, 0.2) is 0 Å². The molecule has 1 atom stereocenters. The van der Waals surface area contributed by atoms with Gasteiger partial charge >= 0.3 is 0 Å². The van der Waals surface area contributed by atoms with Gasteiger partial charge in [-0.15, -0.1) is 0 Å². The molecule has 0 saturated heterocycles. The van der Waals surface area contributed by atoms with E-state index in [0.717, 1.165) is 32.6 Å². The number of carbonyl (C=O) groups excluding carboxylic acids is 1. The van der Waals surface area contributed by atoms with E-state index < -0.39 is 0 Å². The van der Waals surface area contributed by atoms with Crippen LogP contribution < -0.4 is 5.73 Å². The Balaban J connectivity index is 3.75. The van der Waals surface area contributed by atoms with Crippen LogP contribution in [-0.4, -0.2) is 56.0 Å². The van der Waals surface area contributed by atoms with Crippen LogP contribution in [0.25, 0.3) is 0 Å². The topological polar surface area (TPSA) is 49.6 Å². The number of nitrogens with zero attached hydrogens (tertiary/aromatic N) is 2. The lowest BCUT2D eigenvalue weighted by atomic mass is 10.1. The summed E-state index contributed by atoms with van der Waals surface area (Å²) < 4.78 is 0. The van der Waals surface area contributed by atoms with E-state index in [4.69, 9.17) is 5.73 Å². The molecule has 0 heterocycles. The van der Waals surface area contributed by atoms with Gasteiger partial charge in [0.15, 0.2) is 0 Å². The number of carbonyl (C=O) groups is 1. The molecule has 1 unspecified atom stereocenters. The lowest BCUT2D eigenvalue weighted by Crippen LogP contribution is -2.33. The third kappa shape index (κ3) is 6.80. The summed E-state index contributed by atoms with van der Waals surface area (Å²) in [5.41, 5.74) is 5.60. The quantitative estimate of drug-likeness (QED) is 0.669. The van der Waals surface area contributed by atoms with Gasteiger partial charge in [-0.25, -0.2) is 0 Å². The van der Waals surface area contributed by atoms with Gasteiger partial charge in [-0.1, -0.05) is 13.8 Å². The van der Waals surface area contributed by atoms with Gasteiger partial charge in [0.2, 0.25) is 5.91 Å². The Labute approximate surface area is 99.8 Å². The Bertz CT molecular complexity index is 195. The molecule has 4 nitrogen and oxygen atoms in total. The van der Waals surface area contributed by atoms with Crippen molar-refractivity contribution in [2.45, 2.75) is 26.7 Å². The molecule has 1 amide bonds. The van der Waals surface area contributed by atoms with Crippen molar-refractivity contribution < 1.29 is 4.79 Å². The van der Waals surface area contributed by atoms with Crippen LogP contribution >= 0.6 is 0 Å². The van der Waals surface area contributed by atoms with Crippen molar-refractivity contribution in [2.75, 3.05) is 40.3 Å². The van der Waals surface area contributed by atoms with Crippen LogP contribution in [-0.2, 0) is 4.79 Å². The minimum Gasteiger partial charge on any atom is -0.349 e. The lowest BCUT2D eigenvalue weighted by molar-refractivity contribution is -0.128. The molecule has 0 aromatic heterocycles. The van der Waals surface area contributed by atoms with Crippen LogP contribution in [0.4, 0.5) is 0 Å². The predicted octanol–water partition coefficient (Wildman–Crippen LogP) is 0.772. The second-order valence-corrected chi connectivity index (χ2v) is 4.63. The fourth-order valence-corrected chi connectivity index (χ4v) is 1.57. The number of amides is 1. The zero-order valence-corrected chi connectivity index (χ0v) is 11.2. The number of hydrogen-bond acceptors (Lipinski definition) is 3. The molecule has 0 fully saturated rings. The van der Waals surface area contributed by atoms with Crippen molar-refractivity contribution in [1.29, 1.82) is 0 Å². The van der Waals surface area contributed by atoms with Gasteiger partial charge in [-0.3, -0.25) is 4.79 Å². The molecule has 0 aromatic carbocycles. The maximum Gasteiger partial charge on any atom is 0.222 e. The molecule has 0 spiro atoms. The highest BCUT2D eigenvalue weighted by atomic mass is 16.2. The van der Waals surface area contributed by atoms with Crippen LogP contribution in [0.3, 0.4) is 0 Å². The molecule has 2 N–H and O–H groups in total. The predicted molar refractivity (Wildman–Crippen MR) is 68.3 cm³/mol. The molecule has 0 saturated carbocycles. The maximum absolute atomic E-state index is 11.4. The van der Waals surface area contributed by atoms with Gasteiger partial charge in [0.05, 0.1) is 0 Å². The fraction of sp³-hybridized carbons (Fsp3) is 0.917. The number of rotatable bonds is 8. The standard InChI is InChI=1S/C12H27N3O/c1-5-15(10-11(2)9-13)8-6-7-12(16)14(3)4/h11H,5-10,13H2,1-4H3. The molecule has 0 aromatic rings. The highest BCUT2D eigenvalue weighted by Crippen LogP contribution is 2.02. The summed E-state index contributed by atoms with van der Waals surface area (Å²) in [7, 11) is 3.60. The smallest absolute Gasteiger partial charge is 0.222 e. The first kappa shape index (κ1) is 15.4. The van der Waals surface area contributed by atoms with Crippen molar-refractivity contribution in [2.24, 2.45) is 11.7 Å². The third-order valence-corrected chi connectivity index (χ3v) is 2.78. The molecule has 0 aliphatic heterocycles. The molecule has 4 heteroatoms. The van der Waals surface area contributed by atoms with Crippen LogP contribution in [0.5, 0.6) is 0 Å². The molecule has 0 aliphatic rings. The van der Waals surface area contributed by atoms with E-state index in [0.29, 0.717) is 12.3 Å². The first-order chi connectivity index (χ1) is 7.51. The highest BCUT2D eigenvalue weighted by Gasteiger charge is 2.09. The van der Waals surface area contributed by atoms with Gasteiger partial charge in [0, 0.05) is 27.1 Å². The van der Waals surface area contributed by atoms with E-state index in [2.05, 4.69) is 18.7 Å². The Hall–Kier alpha value is -0.610. The van der Waals surface area contributed by atoms with Gasteiger partial charge in [-0.05, 0) is 32.0 Å². The van der Waals surface area contributed by atoms with Crippen molar-refractivity contribution in [3.05, 3.63) is 0 Å². The summed E-state index contributed by atoms with van der Waals surface area (Å²) in [5.74, 6) is 0.743. The average Bonchev–Trinajstić information content (AvgIpc) is 2.26. The second-order valence-electron chi connectivity index (χ2n) is 4.63. The maximum atomic E-state index is 11.4. The van der Waals surface area contributed by atoms with E-state index in [-0.39, 0.29) is 5.91 Å². The molecule has 0 radical (unpaired) electrons. The van der Waals surface area contributed by atoms with Crippen LogP contribution in [0, 0.1) is 5.92 Å².